The Hall–Kier alpha value is -1.55. The molecule has 0 N–H and O–H groups in total. The fourth-order valence-corrected chi connectivity index (χ4v) is 1.52. The van der Waals surface area contributed by atoms with Crippen LogP contribution < -0.4 is 4.90 Å². The zero-order chi connectivity index (χ0) is 13.5. The second kappa shape index (κ2) is 7.01. The predicted octanol–water partition coefficient (Wildman–Crippen LogP) is 2.60. The third-order valence-electron chi connectivity index (χ3n) is 2.88. The first-order valence-corrected chi connectivity index (χ1v) is 6.22. The van der Waals surface area contributed by atoms with E-state index < -0.39 is 0 Å². The fourth-order valence-electron chi connectivity index (χ4n) is 1.52. The van der Waals surface area contributed by atoms with E-state index in [4.69, 9.17) is 4.74 Å². The van der Waals surface area contributed by atoms with E-state index in [1.165, 1.54) is 0 Å². The van der Waals surface area contributed by atoms with Crippen molar-refractivity contribution in [3.05, 3.63) is 30.3 Å². The molecule has 0 heterocycles. The van der Waals surface area contributed by atoms with E-state index in [0.29, 0.717) is 13.2 Å². The van der Waals surface area contributed by atoms with Crippen molar-refractivity contribution in [2.45, 2.75) is 19.9 Å². The molecule has 1 aromatic carbocycles. The summed E-state index contributed by atoms with van der Waals surface area (Å²) in [7, 11) is 4.00. The molecular weight excluding hydrogens is 228 g/mol. The highest BCUT2D eigenvalue weighted by molar-refractivity contribution is 5.87. The molecule has 0 aliphatic heterocycles. The van der Waals surface area contributed by atoms with Gasteiger partial charge in [-0.2, -0.15) is 0 Å². The lowest BCUT2D eigenvalue weighted by Crippen LogP contribution is -2.42. The summed E-state index contributed by atoms with van der Waals surface area (Å²) in [6.45, 7) is 4.89. The molecular formula is C14H22N2O2. The quantitative estimate of drug-likeness (QED) is 0.805. The summed E-state index contributed by atoms with van der Waals surface area (Å²) in [6.07, 6.45) is -0.294. The van der Waals surface area contributed by atoms with Gasteiger partial charge in [-0.25, -0.2) is 4.79 Å². The summed E-state index contributed by atoms with van der Waals surface area (Å²) in [6, 6.07) is 9.86. The number of carbonyl (C=O) groups excluding carboxylic acids is 1. The first kappa shape index (κ1) is 14.5. The number of hydrogen-bond donors (Lipinski definition) is 0. The number of likely N-dealkylation sites (N-methyl/N-ethyl adjacent to an activating group) is 1. The van der Waals surface area contributed by atoms with Gasteiger partial charge in [0.15, 0.2) is 0 Å². The van der Waals surface area contributed by atoms with Gasteiger partial charge in [0, 0.05) is 18.3 Å². The Kier molecular flexibility index (Phi) is 5.65. The lowest BCUT2D eigenvalue weighted by Gasteiger charge is -2.28. The van der Waals surface area contributed by atoms with E-state index >= 15 is 0 Å². The Morgan fingerprint density at radius 1 is 1.28 bits per heavy atom. The average molecular weight is 250 g/mol. The number of amides is 1. The molecule has 0 fully saturated rings. The van der Waals surface area contributed by atoms with Crippen LogP contribution in [0.1, 0.15) is 13.8 Å². The fraction of sp³-hybridized carbons (Fsp3) is 0.500. The number of ether oxygens (including phenoxy) is 1. The Morgan fingerprint density at radius 3 is 2.39 bits per heavy atom. The molecule has 1 rings (SSSR count). The number of anilines is 1. The van der Waals surface area contributed by atoms with Gasteiger partial charge < -0.3 is 9.64 Å². The third-order valence-corrected chi connectivity index (χ3v) is 2.88. The van der Waals surface area contributed by atoms with Gasteiger partial charge in [0.05, 0.1) is 6.61 Å². The first-order chi connectivity index (χ1) is 8.56. The summed E-state index contributed by atoms with van der Waals surface area (Å²) in [5.74, 6) is 0. The first-order valence-electron chi connectivity index (χ1n) is 6.22. The lowest BCUT2D eigenvalue weighted by molar-refractivity contribution is 0.157. The van der Waals surface area contributed by atoms with Crippen LogP contribution in [0.5, 0.6) is 0 Å². The van der Waals surface area contributed by atoms with E-state index in [1.54, 1.807) is 4.90 Å². The molecule has 0 radical (unpaired) electrons. The number of rotatable bonds is 5. The molecule has 0 aromatic heterocycles. The van der Waals surface area contributed by atoms with Gasteiger partial charge >= 0.3 is 6.09 Å². The largest absolute Gasteiger partial charge is 0.449 e. The summed E-state index contributed by atoms with van der Waals surface area (Å²) < 4.78 is 5.11. The van der Waals surface area contributed by atoms with Gasteiger partial charge in [-0.05, 0) is 40.1 Å². The van der Waals surface area contributed by atoms with Gasteiger partial charge in [-0.1, -0.05) is 18.2 Å². The molecule has 0 spiro atoms. The molecule has 0 saturated heterocycles. The molecule has 1 unspecified atom stereocenters. The van der Waals surface area contributed by atoms with E-state index in [-0.39, 0.29) is 12.1 Å². The maximum absolute atomic E-state index is 12.0. The van der Waals surface area contributed by atoms with Crippen LogP contribution in [0.4, 0.5) is 10.5 Å². The SMILES string of the molecule is CCOC(=O)N(CC(C)N(C)C)c1ccccc1. The molecule has 100 valence electrons. The van der Waals surface area contributed by atoms with Crippen molar-refractivity contribution in [3.8, 4) is 0 Å². The van der Waals surface area contributed by atoms with Crippen molar-refractivity contribution in [1.29, 1.82) is 0 Å². The van der Waals surface area contributed by atoms with E-state index in [9.17, 15) is 4.79 Å². The van der Waals surface area contributed by atoms with E-state index in [2.05, 4.69) is 11.8 Å². The molecule has 4 nitrogen and oxygen atoms in total. The predicted molar refractivity (Wildman–Crippen MR) is 74.0 cm³/mol. The highest BCUT2D eigenvalue weighted by Gasteiger charge is 2.20. The second-order valence-corrected chi connectivity index (χ2v) is 4.46. The average Bonchev–Trinajstić information content (AvgIpc) is 2.36. The van der Waals surface area contributed by atoms with Crippen molar-refractivity contribution >= 4 is 11.8 Å². The number of para-hydroxylation sites is 1. The zero-order valence-electron chi connectivity index (χ0n) is 11.6. The maximum Gasteiger partial charge on any atom is 0.414 e. The van der Waals surface area contributed by atoms with Crippen LogP contribution in [0.25, 0.3) is 0 Å². The van der Waals surface area contributed by atoms with E-state index in [1.807, 2.05) is 51.4 Å². The number of carbonyl (C=O) groups is 1. The molecule has 1 atom stereocenters. The topological polar surface area (TPSA) is 32.8 Å². The van der Waals surface area contributed by atoms with Crippen molar-refractivity contribution in [3.63, 3.8) is 0 Å². The van der Waals surface area contributed by atoms with Gasteiger partial charge in [0.1, 0.15) is 0 Å². The van der Waals surface area contributed by atoms with Crippen LogP contribution in [-0.4, -0.2) is 44.3 Å². The lowest BCUT2D eigenvalue weighted by atomic mass is 10.2. The summed E-state index contributed by atoms with van der Waals surface area (Å²) in [5, 5.41) is 0. The van der Waals surface area contributed by atoms with Crippen molar-refractivity contribution in [2.24, 2.45) is 0 Å². The Morgan fingerprint density at radius 2 is 1.89 bits per heavy atom. The summed E-state index contributed by atoms with van der Waals surface area (Å²) >= 11 is 0. The summed E-state index contributed by atoms with van der Waals surface area (Å²) in [4.78, 5) is 15.7. The minimum atomic E-state index is -0.294. The molecule has 0 aliphatic carbocycles. The van der Waals surface area contributed by atoms with Crippen molar-refractivity contribution < 1.29 is 9.53 Å². The van der Waals surface area contributed by atoms with Gasteiger partial charge in [0.2, 0.25) is 0 Å². The van der Waals surface area contributed by atoms with Crippen molar-refractivity contribution in [2.75, 3.05) is 32.1 Å². The highest BCUT2D eigenvalue weighted by atomic mass is 16.6. The minimum Gasteiger partial charge on any atom is -0.449 e. The van der Waals surface area contributed by atoms with Crippen LogP contribution in [0.3, 0.4) is 0 Å². The number of hydrogen-bond acceptors (Lipinski definition) is 3. The normalized spacial score (nSPS) is 12.3. The molecule has 0 saturated carbocycles. The van der Waals surface area contributed by atoms with Crippen LogP contribution in [-0.2, 0) is 4.74 Å². The zero-order valence-corrected chi connectivity index (χ0v) is 11.6. The Labute approximate surface area is 109 Å². The van der Waals surface area contributed by atoms with Crippen LogP contribution in [0.15, 0.2) is 30.3 Å². The molecule has 0 bridgehead atoms. The highest BCUT2D eigenvalue weighted by Crippen LogP contribution is 2.15. The second-order valence-electron chi connectivity index (χ2n) is 4.46. The Bertz CT molecular complexity index is 365. The molecule has 4 heteroatoms. The van der Waals surface area contributed by atoms with Gasteiger partial charge in [-0.15, -0.1) is 0 Å². The number of benzene rings is 1. The maximum atomic E-state index is 12.0. The Balaban J connectivity index is 2.85. The van der Waals surface area contributed by atoms with Crippen LogP contribution in [0, 0.1) is 0 Å². The number of nitrogens with zero attached hydrogens (tertiary/aromatic N) is 2. The van der Waals surface area contributed by atoms with Gasteiger partial charge in [-0.3, -0.25) is 4.90 Å². The smallest absolute Gasteiger partial charge is 0.414 e. The molecule has 0 aliphatic rings. The third kappa shape index (κ3) is 4.04. The van der Waals surface area contributed by atoms with Crippen LogP contribution in [0.2, 0.25) is 0 Å². The standard InChI is InChI=1S/C14H22N2O2/c1-5-18-14(17)16(11-12(2)15(3)4)13-9-7-6-8-10-13/h6-10,12H,5,11H2,1-4H3. The van der Waals surface area contributed by atoms with Crippen LogP contribution >= 0.6 is 0 Å². The minimum absolute atomic E-state index is 0.259. The molecule has 1 amide bonds. The van der Waals surface area contributed by atoms with Crippen molar-refractivity contribution in [1.82, 2.24) is 4.90 Å². The monoisotopic (exact) mass is 250 g/mol. The summed E-state index contributed by atoms with van der Waals surface area (Å²) in [5.41, 5.74) is 0.865. The molecule has 18 heavy (non-hydrogen) atoms. The molecule has 1 aromatic rings. The van der Waals surface area contributed by atoms with Gasteiger partial charge in [0.25, 0.3) is 0 Å². The van der Waals surface area contributed by atoms with E-state index in [0.717, 1.165) is 5.69 Å².